The van der Waals surface area contributed by atoms with E-state index in [9.17, 15) is 8.42 Å². The van der Waals surface area contributed by atoms with Gasteiger partial charge in [-0.25, -0.2) is 13.4 Å². The number of fused-ring (bicyclic) bond motifs is 1. The van der Waals surface area contributed by atoms with Gasteiger partial charge in [0.2, 0.25) is 15.0 Å². The minimum absolute atomic E-state index is 0.0410. The zero-order valence-electron chi connectivity index (χ0n) is 15.2. The van der Waals surface area contributed by atoms with E-state index in [1.54, 1.807) is 11.5 Å². The third-order valence-corrected chi connectivity index (χ3v) is 6.07. The Morgan fingerprint density at radius 3 is 2.24 bits per heavy atom. The van der Waals surface area contributed by atoms with Crippen LogP contribution in [0.15, 0.2) is 53.7 Å². The molecule has 0 aliphatic carbocycles. The minimum Gasteiger partial charge on any atom is -0.310 e. The van der Waals surface area contributed by atoms with Gasteiger partial charge in [-0.2, -0.15) is 0 Å². The third kappa shape index (κ3) is 3.47. The Bertz CT molecular complexity index is 994. The molecule has 1 aromatic heterocycles. The zero-order valence-corrected chi connectivity index (χ0v) is 16.0. The predicted octanol–water partition coefficient (Wildman–Crippen LogP) is 4.18. The van der Waals surface area contributed by atoms with Crippen LogP contribution in [0.5, 0.6) is 0 Å². The molecule has 0 aliphatic rings. The Hall–Kier alpha value is -2.14. The van der Waals surface area contributed by atoms with E-state index in [1.807, 2.05) is 24.3 Å². The Morgan fingerprint density at radius 2 is 1.64 bits per heavy atom. The van der Waals surface area contributed by atoms with Crippen LogP contribution in [0.25, 0.3) is 11.0 Å². The van der Waals surface area contributed by atoms with Crippen LogP contribution in [0, 0.1) is 0 Å². The van der Waals surface area contributed by atoms with Gasteiger partial charge >= 0.3 is 0 Å². The Kier molecular flexibility index (Phi) is 4.45. The maximum absolute atomic E-state index is 12.5. The highest BCUT2D eigenvalue weighted by Crippen LogP contribution is 2.25. The van der Waals surface area contributed by atoms with Gasteiger partial charge in [0.1, 0.15) is 0 Å². The zero-order chi connectivity index (χ0) is 18.2. The number of imidazole rings is 1. The number of benzene rings is 2. The standard InChI is InChI=1S/C20H24N2O2S/c1-5-25(23,24)19-21-17-8-6-7-9-18(17)22(19)14-15-10-12-16(13-11-15)20(2,3)4/h6-13H,5,14H2,1-4H3. The van der Waals surface area contributed by atoms with Crippen LogP contribution in [-0.4, -0.2) is 23.7 Å². The monoisotopic (exact) mass is 356 g/mol. The van der Waals surface area contributed by atoms with Crippen molar-refractivity contribution in [3.8, 4) is 0 Å². The van der Waals surface area contributed by atoms with E-state index in [4.69, 9.17) is 0 Å². The molecule has 2 aromatic carbocycles. The first kappa shape index (κ1) is 17.7. The fourth-order valence-electron chi connectivity index (χ4n) is 2.87. The van der Waals surface area contributed by atoms with Gasteiger partial charge in [0, 0.05) is 0 Å². The predicted molar refractivity (Wildman–Crippen MR) is 102 cm³/mol. The smallest absolute Gasteiger partial charge is 0.229 e. The summed E-state index contributed by atoms with van der Waals surface area (Å²) in [4.78, 5) is 4.38. The number of hydrogen-bond donors (Lipinski definition) is 0. The van der Waals surface area contributed by atoms with E-state index < -0.39 is 9.84 Å². The second kappa shape index (κ2) is 6.30. The lowest BCUT2D eigenvalue weighted by Crippen LogP contribution is -2.14. The molecular formula is C20H24N2O2S. The van der Waals surface area contributed by atoms with Crippen molar-refractivity contribution in [3.63, 3.8) is 0 Å². The van der Waals surface area contributed by atoms with Crippen LogP contribution in [0.2, 0.25) is 0 Å². The fourth-order valence-corrected chi connectivity index (χ4v) is 3.86. The van der Waals surface area contributed by atoms with E-state index in [0.29, 0.717) is 12.1 Å². The molecule has 25 heavy (non-hydrogen) atoms. The van der Waals surface area contributed by atoms with Gasteiger partial charge in [0.15, 0.2) is 0 Å². The fraction of sp³-hybridized carbons (Fsp3) is 0.350. The van der Waals surface area contributed by atoms with Crippen molar-refractivity contribution in [2.24, 2.45) is 0 Å². The SMILES string of the molecule is CCS(=O)(=O)c1nc2ccccc2n1Cc1ccc(C(C)(C)C)cc1. The van der Waals surface area contributed by atoms with Crippen LogP contribution < -0.4 is 0 Å². The van der Waals surface area contributed by atoms with Gasteiger partial charge in [-0.15, -0.1) is 0 Å². The average molecular weight is 356 g/mol. The molecule has 0 spiro atoms. The molecule has 0 unspecified atom stereocenters. The van der Waals surface area contributed by atoms with Crippen molar-refractivity contribution in [3.05, 3.63) is 59.7 Å². The molecule has 3 rings (SSSR count). The lowest BCUT2D eigenvalue weighted by Gasteiger charge is -2.19. The summed E-state index contributed by atoms with van der Waals surface area (Å²) in [5, 5.41) is 0.149. The summed E-state index contributed by atoms with van der Waals surface area (Å²) in [6.07, 6.45) is 0. The molecule has 0 radical (unpaired) electrons. The van der Waals surface area contributed by atoms with Crippen molar-refractivity contribution in [2.75, 3.05) is 5.75 Å². The van der Waals surface area contributed by atoms with E-state index in [-0.39, 0.29) is 16.3 Å². The quantitative estimate of drug-likeness (QED) is 0.705. The number of hydrogen-bond acceptors (Lipinski definition) is 3. The van der Waals surface area contributed by atoms with E-state index in [0.717, 1.165) is 11.1 Å². The molecule has 4 nitrogen and oxygen atoms in total. The first-order valence-corrected chi connectivity index (χ1v) is 10.1. The van der Waals surface area contributed by atoms with Crippen LogP contribution in [0.4, 0.5) is 0 Å². The maximum Gasteiger partial charge on any atom is 0.229 e. The van der Waals surface area contributed by atoms with Crippen molar-refractivity contribution in [1.82, 2.24) is 9.55 Å². The van der Waals surface area contributed by atoms with Gasteiger partial charge in [-0.3, -0.25) is 0 Å². The van der Waals surface area contributed by atoms with Crippen LogP contribution in [-0.2, 0) is 21.8 Å². The minimum atomic E-state index is -3.39. The van der Waals surface area contributed by atoms with Crippen LogP contribution in [0.3, 0.4) is 0 Å². The largest absolute Gasteiger partial charge is 0.310 e. The normalized spacial score (nSPS) is 12.6. The van der Waals surface area contributed by atoms with Gasteiger partial charge < -0.3 is 4.57 Å². The van der Waals surface area contributed by atoms with Crippen molar-refractivity contribution >= 4 is 20.9 Å². The van der Waals surface area contributed by atoms with E-state index >= 15 is 0 Å². The Morgan fingerprint density at radius 1 is 1.00 bits per heavy atom. The molecule has 0 atom stereocenters. The molecule has 0 amide bonds. The van der Waals surface area contributed by atoms with Gasteiger partial charge in [0.05, 0.1) is 23.3 Å². The van der Waals surface area contributed by atoms with Crippen molar-refractivity contribution < 1.29 is 8.42 Å². The number of aromatic nitrogens is 2. The summed E-state index contributed by atoms with van der Waals surface area (Å²) >= 11 is 0. The van der Waals surface area contributed by atoms with Gasteiger partial charge in [-0.1, -0.05) is 64.1 Å². The lowest BCUT2D eigenvalue weighted by molar-refractivity contribution is 0.576. The molecule has 0 bridgehead atoms. The number of nitrogens with zero attached hydrogens (tertiary/aromatic N) is 2. The second-order valence-corrected chi connectivity index (χ2v) is 9.49. The highest BCUT2D eigenvalue weighted by atomic mass is 32.2. The summed E-state index contributed by atoms with van der Waals surface area (Å²) < 4.78 is 26.8. The van der Waals surface area contributed by atoms with E-state index in [1.165, 1.54) is 5.56 Å². The highest BCUT2D eigenvalue weighted by Gasteiger charge is 2.22. The van der Waals surface area contributed by atoms with Gasteiger partial charge in [0.25, 0.3) is 0 Å². The first-order chi connectivity index (χ1) is 11.7. The van der Waals surface area contributed by atoms with Gasteiger partial charge in [-0.05, 0) is 28.7 Å². The van der Waals surface area contributed by atoms with Crippen molar-refractivity contribution in [2.45, 2.75) is 44.8 Å². The molecular weight excluding hydrogens is 332 g/mol. The van der Waals surface area contributed by atoms with Crippen molar-refractivity contribution in [1.29, 1.82) is 0 Å². The number of sulfone groups is 1. The van der Waals surface area contributed by atoms with E-state index in [2.05, 4.69) is 50.0 Å². The number of para-hydroxylation sites is 2. The first-order valence-electron chi connectivity index (χ1n) is 8.50. The molecule has 132 valence electrons. The molecule has 0 fully saturated rings. The summed E-state index contributed by atoms with van der Waals surface area (Å²) in [6.45, 7) is 8.67. The molecule has 1 heterocycles. The second-order valence-electron chi connectivity index (χ2n) is 7.32. The number of rotatable bonds is 4. The summed E-state index contributed by atoms with van der Waals surface area (Å²) in [6, 6.07) is 15.9. The molecule has 0 aliphatic heterocycles. The third-order valence-electron chi connectivity index (χ3n) is 4.44. The summed E-state index contributed by atoms with van der Waals surface area (Å²) in [5.74, 6) is 0.0410. The highest BCUT2D eigenvalue weighted by molar-refractivity contribution is 7.91. The topological polar surface area (TPSA) is 52.0 Å². The van der Waals surface area contributed by atoms with Crippen LogP contribution in [0.1, 0.15) is 38.8 Å². The average Bonchev–Trinajstić information content (AvgIpc) is 2.94. The molecule has 0 N–H and O–H groups in total. The Labute approximate surface area is 149 Å². The van der Waals surface area contributed by atoms with Crippen LogP contribution >= 0.6 is 0 Å². The summed E-state index contributed by atoms with van der Waals surface area (Å²) in [7, 11) is -3.39. The molecule has 3 aromatic rings. The summed E-state index contributed by atoms with van der Waals surface area (Å²) in [5.41, 5.74) is 3.96. The lowest BCUT2D eigenvalue weighted by atomic mass is 9.87. The Balaban J connectivity index is 2.08. The maximum atomic E-state index is 12.5. The molecule has 5 heteroatoms. The molecule has 0 saturated carbocycles. The molecule has 0 saturated heterocycles.